The Balaban J connectivity index is 2.80. The highest BCUT2D eigenvalue weighted by Crippen LogP contribution is 2.21. The highest BCUT2D eigenvalue weighted by atomic mass is 35.5. The average molecular weight is 296 g/mol. The maximum absolute atomic E-state index is 6.23. The quantitative estimate of drug-likeness (QED) is 0.738. The van der Waals surface area contributed by atoms with Crippen LogP contribution in [0.25, 0.3) is 0 Å². The normalized spacial score (nSPS) is 10.9. The molecular weight excluding hydrogens is 270 g/mol. The first-order chi connectivity index (χ1) is 9.43. The molecule has 1 aromatic rings. The van der Waals surface area contributed by atoms with E-state index in [0.717, 1.165) is 48.2 Å². The van der Waals surface area contributed by atoms with Crippen molar-refractivity contribution in [1.29, 1.82) is 0 Å². The van der Waals surface area contributed by atoms with E-state index in [4.69, 9.17) is 11.6 Å². The molecule has 3 nitrogen and oxygen atoms in total. The van der Waals surface area contributed by atoms with Gasteiger partial charge < -0.3 is 10.2 Å². The van der Waals surface area contributed by atoms with E-state index in [2.05, 4.69) is 48.6 Å². The molecule has 0 saturated carbocycles. The van der Waals surface area contributed by atoms with Crippen LogP contribution in [0.15, 0.2) is 24.4 Å². The number of likely N-dealkylation sites (N-methyl/N-ethyl adjacent to an activating group) is 1. The number of nitrogens with one attached hydrogen (secondary N) is 1. The van der Waals surface area contributed by atoms with Crippen molar-refractivity contribution in [2.24, 2.45) is 5.92 Å². The summed E-state index contributed by atoms with van der Waals surface area (Å²) < 4.78 is 0. The molecule has 0 saturated heterocycles. The molecular formula is C16H26ClN3. The Labute approximate surface area is 128 Å². The summed E-state index contributed by atoms with van der Waals surface area (Å²) in [6.45, 7) is 16.0. The van der Waals surface area contributed by atoms with E-state index >= 15 is 0 Å². The Bertz CT molecular complexity index is 443. The lowest BCUT2D eigenvalue weighted by atomic mass is 10.2. The van der Waals surface area contributed by atoms with Gasteiger partial charge in [0.05, 0.1) is 5.02 Å². The van der Waals surface area contributed by atoms with Crippen molar-refractivity contribution in [2.75, 3.05) is 24.5 Å². The summed E-state index contributed by atoms with van der Waals surface area (Å²) in [6.07, 6.45) is 1.74. The molecule has 1 heterocycles. The van der Waals surface area contributed by atoms with Gasteiger partial charge in [-0.1, -0.05) is 37.6 Å². The molecule has 20 heavy (non-hydrogen) atoms. The van der Waals surface area contributed by atoms with Gasteiger partial charge in [-0.2, -0.15) is 0 Å². The van der Waals surface area contributed by atoms with Crippen LogP contribution in [-0.2, 0) is 6.54 Å². The van der Waals surface area contributed by atoms with E-state index in [-0.39, 0.29) is 0 Å². The Morgan fingerprint density at radius 2 is 2.20 bits per heavy atom. The monoisotopic (exact) mass is 295 g/mol. The molecule has 0 spiro atoms. The Morgan fingerprint density at radius 1 is 1.50 bits per heavy atom. The number of rotatable bonds is 8. The second-order valence-corrected chi connectivity index (χ2v) is 6.04. The van der Waals surface area contributed by atoms with E-state index in [0.29, 0.717) is 5.92 Å². The summed E-state index contributed by atoms with van der Waals surface area (Å²) in [7, 11) is 0. The van der Waals surface area contributed by atoms with Gasteiger partial charge in [0.2, 0.25) is 0 Å². The molecule has 1 aromatic heterocycles. The van der Waals surface area contributed by atoms with Crippen molar-refractivity contribution in [3.05, 3.63) is 35.0 Å². The highest BCUT2D eigenvalue weighted by Gasteiger charge is 2.09. The van der Waals surface area contributed by atoms with Crippen molar-refractivity contribution in [3.8, 4) is 0 Å². The lowest BCUT2D eigenvalue weighted by Gasteiger charge is -2.23. The standard InChI is InChI=1S/C16H26ClN3/c1-6-20(11-13(4)5)16-7-14(15(17)10-19-16)9-18-8-12(2)3/h7,10,12,18H,4,6,8-9,11H2,1-3,5H3. The van der Waals surface area contributed by atoms with Crippen LogP contribution in [0.1, 0.15) is 33.3 Å². The summed E-state index contributed by atoms with van der Waals surface area (Å²) in [5.41, 5.74) is 2.22. The second kappa shape index (κ2) is 8.28. The zero-order chi connectivity index (χ0) is 15.1. The Hall–Kier alpha value is -1.06. The van der Waals surface area contributed by atoms with Crippen LogP contribution >= 0.6 is 11.6 Å². The van der Waals surface area contributed by atoms with Crippen molar-refractivity contribution >= 4 is 17.4 Å². The predicted molar refractivity (Wildman–Crippen MR) is 88.5 cm³/mol. The van der Waals surface area contributed by atoms with Crippen LogP contribution in [0.4, 0.5) is 5.82 Å². The van der Waals surface area contributed by atoms with E-state index in [1.807, 2.05) is 6.92 Å². The van der Waals surface area contributed by atoms with Gasteiger partial charge in [-0.15, -0.1) is 0 Å². The number of aromatic nitrogens is 1. The second-order valence-electron chi connectivity index (χ2n) is 5.63. The van der Waals surface area contributed by atoms with Gasteiger partial charge in [0, 0.05) is 25.8 Å². The van der Waals surface area contributed by atoms with Gasteiger partial charge >= 0.3 is 0 Å². The lowest BCUT2D eigenvalue weighted by Crippen LogP contribution is -2.26. The van der Waals surface area contributed by atoms with Gasteiger partial charge in [-0.05, 0) is 37.9 Å². The van der Waals surface area contributed by atoms with Crippen LogP contribution in [0, 0.1) is 5.92 Å². The molecule has 0 fully saturated rings. The topological polar surface area (TPSA) is 28.2 Å². The van der Waals surface area contributed by atoms with Crippen molar-refractivity contribution in [3.63, 3.8) is 0 Å². The fourth-order valence-corrected chi connectivity index (χ4v) is 2.12. The van der Waals surface area contributed by atoms with Crippen LogP contribution < -0.4 is 10.2 Å². The molecule has 4 heteroatoms. The molecule has 0 aliphatic rings. The van der Waals surface area contributed by atoms with E-state index in [9.17, 15) is 0 Å². The Kier molecular flexibility index (Phi) is 7.03. The minimum absolute atomic E-state index is 0.630. The van der Waals surface area contributed by atoms with Crippen LogP contribution in [0.3, 0.4) is 0 Å². The summed E-state index contributed by atoms with van der Waals surface area (Å²) in [5.74, 6) is 1.59. The fourth-order valence-electron chi connectivity index (χ4n) is 1.95. The third-order valence-electron chi connectivity index (χ3n) is 2.95. The van der Waals surface area contributed by atoms with Gasteiger partial charge in [-0.25, -0.2) is 4.98 Å². The molecule has 0 aliphatic heterocycles. The largest absolute Gasteiger partial charge is 0.353 e. The molecule has 0 amide bonds. The van der Waals surface area contributed by atoms with Gasteiger partial charge in [0.25, 0.3) is 0 Å². The van der Waals surface area contributed by atoms with Gasteiger partial charge in [0.1, 0.15) is 5.82 Å². The molecule has 0 radical (unpaired) electrons. The van der Waals surface area contributed by atoms with E-state index in [1.165, 1.54) is 0 Å². The zero-order valence-corrected chi connectivity index (χ0v) is 13.8. The summed E-state index contributed by atoms with van der Waals surface area (Å²) in [6, 6.07) is 2.07. The summed E-state index contributed by atoms with van der Waals surface area (Å²) in [5, 5.41) is 4.14. The number of hydrogen-bond donors (Lipinski definition) is 1. The van der Waals surface area contributed by atoms with Gasteiger partial charge in [0.15, 0.2) is 0 Å². The SMILES string of the molecule is C=C(C)CN(CC)c1cc(CNCC(C)C)c(Cl)cn1. The van der Waals surface area contributed by atoms with Crippen molar-refractivity contribution in [1.82, 2.24) is 10.3 Å². The maximum atomic E-state index is 6.23. The molecule has 1 N–H and O–H groups in total. The molecule has 112 valence electrons. The molecule has 1 rings (SSSR count). The molecule has 0 aliphatic carbocycles. The van der Waals surface area contributed by atoms with E-state index in [1.54, 1.807) is 6.20 Å². The number of nitrogens with zero attached hydrogens (tertiary/aromatic N) is 2. The number of anilines is 1. The third kappa shape index (κ3) is 5.51. The van der Waals surface area contributed by atoms with E-state index < -0.39 is 0 Å². The summed E-state index contributed by atoms with van der Waals surface area (Å²) in [4.78, 5) is 6.63. The first kappa shape index (κ1) is 17.0. The number of halogens is 1. The van der Waals surface area contributed by atoms with Crippen molar-refractivity contribution < 1.29 is 0 Å². The average Bonchev–Trinajstić information content (AvgIpc) is 2.37. The first-order valence-corrected chi connectivity index (χ1v) is 7.56. The smallest absolute Gasteiger partial charge is 0.129 e. The molecule has 0 atom stereocenters. The van der Waals surface area contributed by atoms with Crippen LogP contribution in [0.2, 0.25) is 5.02 Å². The lowest BCUT2D eigenvalue weighted by molar-refractivity contribution is 0.552. The van der Waals surface area contributed by atoms with Crippen LogP contribution in [-0.4, -0.2) is 24.6 Å². The number of hydrogen-bond acceptors (Lipinski definition) is 3. The molecule has 0 unspecified atom stereocenters. The first-order valence-electron chi connectivity index (χ1n) is 7.18. The highest BCUT2D eigenvalue weighted by molar-refractivity contribution is 6.31. The number of pyridine rings is 1. The zero-order valence-electron chi connectivity index (χ0n) is 13.0. The van der Waals surface area contributed by atoms with Crippen molar-refractivity contribution in [2.45, 2.75) is 34.2 Å². The van der Waals surface area contributed by atoms with Crippen LogP contribution in [0.5, 0.6) is 0 Å². The summed E-state index contributed by atoms with van der Waals surface area (Å²) >= 11 is 6.23. The minimum Gasteiger partial charge on any atom is -0.353 e. The minimum atomic E-state index is 0.630. The molecule has 0 bridgehead atoms. The molecule has 0 aromatic carbocycles. The Morgan fingerprint density at radius 3 is 2.75 bits per heavy atom. The fraction of sp³-hybridized carbons (Fsp3) is 0.562. The maximum Gasteiger partial charge on any atom is 0.129 e. The predicted octanol–water partition coefficient (Wildman–Crippen LogP) is 3.88. The third-order valence-corrected chi connectivity index (χ3v) is 3.30. The van der Waals surface area contributed by atoms with Gasteiger partial charge in [-0.3, -0.25) is 0 Å².